The molecule has 0 saturated heterocycles. The molecule has 20 heavy (non-hydrogen) atoms. The second-order valence-electron chi connectivity index (χ2n) is 4.54. The van der Waals surface area contributed by atoms with Crippen molar-refractivity contribution < 1.29 is 9.94 Å². The van der Waals surface area contributed by atoms with E-state index >= 15 is 0 Å². The molecule has 0 saturated carbocycles. The number of oxime groups is 1. The topological polar surface area (TPSA) is 84.0 Å². The number of nitrogens with two attached hydrogens (primary N) is 1. The van der Waals surface area contributed by atoms with Crippen molar-refractivity contribution in [2.45, 2.75) is 27.7 Å². The lowest BCUT2D eigenvalue weighted by Crippen LogP contribution is -2.31. The molecule has 0 amide bonds. The van der Waals surface area contributed by atoms with Gasteiger partial charge in [-0.2, -0.15) is 0 Å². The molecule has 1 heterocycles. The maximum atomic E-state index is 8.97. The van der Waals surface area contributed by atoms with E-state index in [4.69, 9.17) is 15.7 Å². The Morgan fingerprint density at radius 1 is 1.45 bits per heavy atom. The summed E-state index contributed by atoms with van der Waals surface area (Å²) in [7, 11) is 0. The van der Waals surface area contributed by atoms with Crippen LogP contribution >= 0.6 is 0 Å². The van der Waals surface area contributed by atoms with Crippen molar-refractivity contribution in [1.82, 2.24) is 4.98 Å². The number of amidine groups is 1. The molecule has 6 nitrogen and oxygen atoms in total. The molecule has 3 N–H and O–H groups in total. The zero-order valence-corrected chi connectivity index (χ0v) is 12.7. The van der Waals surface area contributed by atoms with Gasteiger partial charge in [0.25, 0.3) is 0 Å². The molecule has 0 fully saturated rings. The third-order valence-corrected chi connectivity index (χ3v) is 3.08. The molecule has 0 aliphatic heterocycles. The Hall–Kier alpha value is -1.82. The van der Waals surface area contributed by atoms with Crippen LogP contribution in [-0.4, -0.2) is 42.3 Å². The van der Waals surface area contributed by atoms with Gasteiger partial charge in [0, 0.05) is 25.4 Å². The van der Waals surface area contributed by atoms with Crippen LogP contribution in [0.2, 0.25) is 0 Å². The lowest BCUT2D eigenvalue weighted by atomic mass is 10.1. The zero-order valence-electron chi connectivity index (χ0n) is 12.7. The average molecular weight is 280 g/mol. The van der Waals surface area contributed by atoms with E-state index in [9.17, 15) is 0 Å². The first-order valence-corrected chi connectivity index (χ1v) is 6.83. The van der Waals surface area contributed by atoms with E-state index in [1.165, 1.54) is 0 Å². The quantitative estimate of drug-likeness (QED) is 0.261. The highest BCUT2D eigenvalue weighted by molar-refractivity contribution is 6.02. The second kappa shape index (κ2) is 7.69. The van der Waals surface area contributed by atoms with E-state index in [2.05, 4.69) is 15.0 Å². The summed E-state index contributed by atoms with van der Waals surface area (Å²) in [6.45, 7) is 10.7. The normalized spacial score (nSPS) is 11.7. The number of anilines is 1. The molecule has 0 aromatic carbocycles. The number of pyridine rings is 1. The third-order valence-electron chi connectivity index (χ3n) is 3.08. The van der Waals surface area contributed by atoms with Crippen LogP contribution in [0.15, 0.2) is 11.2 Å². The molecule has 0 unspecified atom stereocenters. The summed E-state index contributed by atoms with van der Waals surface area (Å²) < 4.78 is 5.39. The van der Waals surface area contributed by atoms with Crippen molar-refractivity contribution in [2.75, 3.05) is 31.2 Å². The summed E-state index contributed by atoms with van der Waals surface area (Å²) in [4.78, 5) is 6.62. The van der Waals surface area contributed by atoms with E-state index in [-0.39, 0.29) is 5.84 Å². The first-order valence-electron chi connectivity index (χ1n) is 6.83. The van der Waals surface area contributed by atoms with E-state index in [0.717, 1.165) is 23.6 Å². The highest BCUT2D eigenvalue weighted by atomic mass is 16.5. The first kappa shape index (κ1) is 16.2. The number of hydrogen-bond acceptors (Lipinski definition) is 5. The fourth-order valence-electron chi connectivity index (χ4n) is 2.15. The Morgan fingerprint density at radius 3 is 2.70 bits per heavy atom. The Balaban J connectivity index is 3.18. The standard InChI is InChI=1S/C14H24N4O2/c1-5-18(7-8-20-6-2)14-12(13(15)17-19)10(3)9-11(4)16-14/h9,19H,5-8H2,1-4H3,(H2,15,17). The molecule has 112 valence electrons. The summed E-state index contributed by atoms with van der Waals surface area (Å²) in [6.07, 6.45) is 0. The van der Waals surface area contributed by atoms with E-state index in [1.807, 2.05) is 33.8 Å². The maximum Gasteiger partial charge on any atom is 0.174 e. The Morgan fingerprint density at radius 2 is 2.15 bits per heavy atom. The molecular weight excluding hydrogens is 256 g/mol. The molecular formula is C14H24N4O2. The van der Waals surface area contributed by atoms with Gasteiger partial charge in [-0.15, -0.1) is 0 Å². The van der Waals surface area contributed by atoms with Gasteiger partial charge in [-0.1, -0.05) is 5.16 Å². The number of hydrogen-bond donors (Lipinski definition) is 2. The predicted octanol–water partition coefficient (Wildman–Crippen LogP) is 1.66. The van der Waals surface area contributed by atoms with Gasteiger partial charge in [0.2, 0.25) is 0 Å². The summed E-state index contributed by atoms with van der Waals surface area (Å²) in [6, 6.07) is 1.92. The van der Waals surface area contributed by atoms with E-state index in [1.54, 1.807) is 0 Å². The molecule has 0 radical (unpaired) electrons. The molecule has 1 rings (SSSR count). The number of likely N-dealkylation sites (N-methyl/N-ethyl adjacent to an activating group) is 1. The lowest BCUT2D eigenvalue weighted by molar-refractivity contribution is 0.154. The largest absolute Gasteiger partial charge is 0.409 e. The zero-order chi connectivity index (χ0) is 15.1. The average Bonchev–Trinajstić information content (AvgIpc) is 2.42. The number of aryl methyl sites for hydroxylation is 2. The molecule has 0 aliphatic carbocycles. The molecule has 0 aliphatic rings. The van der Waals surface area contributed by atoms with Crippen LogP contribution in [0.1, 0.15) is 30.7 Å². The van der Waals surface area contributed by atoms with Gasteiger partial charge in [-0.25, -0.2) is 4.98 Å². The maximum absolute atomic E-state index is 8.97. The van der Waals surface area contributed by atoms with E-state index in [0.29, 0.717) is 25.3 Å². The monoisotopic (exact) mass is 280 g/mol. The summed E-state index contributed by atoms with van der Waals surface area (Å²) in [5, 5.41) is 12.1. The van der Waals surface area contributed by atoms with Crippen LogP contribution < -0.4 is 10.6 Å². The van der Waals surface area contributed by atoms with Gasteiger partial charge in [0.1, 0.15) is 5.82 Å². The third kappa shape index (κ3) is 3.84. The molecule has 0 bridgehead atoms. The van der Waals surface area contributed by atoms with Gasteiger partial charge in [-0.3, -0.25) is 0 Å². The van der Waals surface area contributed by atoms with Crippen LogP contribution in [0.4, 0.5) is 5.82 Å². The van der Waals surface area contributed by atoms with Gasteiger partial charge in [0.15, 0.2) is 5.84 Å². The van der Waals surface area contributed by atoms with Crippen LogP contribution in [0, 0.1) is 13.8 Å². The minimum Gasteiger partial charge on any atom is -0.409 e. The van der Waals surface area contributed by atoms with Crippen molar-refractivity contribution in [3.8, 4) is 0 Å². The van der Waals surface area contributed by atoms with Gasteiger partial charge < -0.3 is 20.6 Å². The summed E-state index contributed by atoms with van der Waals surface area (Å²) in [5.41, 5.74) is 8.32. The van der Waals surface area contributed by atoms with Gasteiger partial charge in [-0.05, 0) is 39.3 Å². The van der Waals surface area contributed by atoms with Crippen molar-refractivity contribution >= 4 is 11.7 Å². The smallest absolute Gasteiger partial charge is 0.174 e. The Bertz CT molecular complexity index is 474. The van der Waals surface area contributed by atoms with Crippen molar-refractivity contribution in [3.05, 3.63) is 22.9 Å². The first-order chi connectivity index (χ1) is 9.54. The van der Waals surface area contributed by atoms with E-state index < -0.39 is 0 Å². The van der Waals surface area contributed by atoms with Crippen molar-refractivity contribution in [3.63, 3.8) is 0 Å². The predicted molar refractivity (Wildman–Crippen MR) is 80.6 cm³/mol. The molecule has 6 heteroatoms. The Kier molecular flexibility index (Phi) is 6.24. The highest BCUT2D eigenvalue weighted by Gasteiger charge is 2.17. The van der Waals surface area contributed by atoms with Gasteiger partial charge >= 0.3 is 0 Å². The summed E-state index contributed by atoms with van der Waals surface area (Å²) >= 11 is 0. The second-order valence-corrected chi connectivity index (χ2v) is 4.54. The van der Waals surface area contributed by atoms with Crippen molar-refractivity contribution in [1.29, 1.82) is 0 Å². The van der Waals surface area contributed by atoms with Crippen LogP contribution in [0.5, 0.6) is 0 Å². The number of rotatable bonds is 7. The lowest BCUT2D eigenvalue weighted by Gasteiger charge is -2.25. The van der Waals surface area contributed by atoms with Crippen molar-refractivity contribution in [2.24, 2.45) is 10.9 Å². The SMILES string of the molecule is CCOCCN(CC)c1nc(C)cc(C)c1C(N)=NO. The highest BCUT2D eigenvalue weighted by Crippen LogP contribution is 2.22. The molecule has 1 aromatic heterocycles. The minimum absolute atomic E-state index is 0.0832. The number of ether oxygens (including phenoxy) is 1. The minimum atomic E-state index is 0.0832. The van der Waals surface area contributed by atoms with Crippen LogP contribution in [0.25, 0.3) is 0 Å². The number of nitrogens with zero attached hydrogens (tertiary/aromatic N) is 3. The molecule has 0 spiro atoms. The Labute approximate surface area is 120 Å². The molecule has 1 aromatic rings. The summed E-state index contributed by atoms with van der Waals surface area (Å²) in [5.74, 6) is 0.819. The number of aromatic nitrogens is 1. The fraction of sp³-hybridized carbons (Fsp3) is 0.571. The fourth-order valence-corrected chi connectivity index (χ4v) is 2.15. The van der Waals surface area contributed by atoms with Crippen LogP contribution in [0.3, 0.4) is 0 Å². The molecule has 0 atom stereocenters. The van der Waals surface area contributed by atoms with Gasteiger partial charge in [0.05, 0.1) is 12.2 Å². The van der Waals surface area contributed by atoms with Crippen LogP contribution in [-0.2, 0) is 4.74 Å².